The number of anilines is 2. The van der Waals surface area contributed by atoms with Crippen molar-refractivity contribution in [2.75, 3.05) is 10.6 Å². The van der Waals surface area contributed by atoms with Gasteiger partial charge in [0.05, 0.1) is 12.2 Å². The van der Waals surface area contributed by atoms with Crippen LogP contribution in [0, 0.1) is 0 Å². The number of nitrogens with one attached hydrogen (secondary N) is 2. The summed E-state index contributed by atoms with van der Waals surface area (Å²) < 4.78 is 0. The monoisotopic (exact) mass is 292 g/mol. The molecule has 0 spiro atoms. The molecule has 0 fully saturated rings. The van der Waals surface area contributed by atoms with E-state index in [1.54, 1.807) is 12.4 Å². The van der Waals surface area contributed by atoms with Gasteiger partial charge in [0.2, 0.25) is 0 Å². The van der Waals surface area contributed by atoms with Crippen LogP contribution in [0.3, 0.4) is 0 Å². The Labute approximate surface area is 128 Å². The van der Waals surface area contributed by atoms with Gasteiger partial charge < -0.3 is 10.6 Å². The zero-order chi connectivity index (χ0) is 15.0. The highest BCUT2D eigenvalue weighted by atomic mass is 15.1. The Morgan fingerprint density at radius 3 is 2.41 bits per heavy atom. The van der Waals surface area contributed by atoms with E-state index < -0.39 is 0 Å². The number of nitrogens with zero attached hydrogens (tertiary/aromatic N) is 4. The predicted octanol–water partition coefficient (Wildman–Crippen LogP) is 2.49. The fraction of sp³-hybridized carbons (Fsp3) is 0.125. The van der Waals surface area contributed by atoms with Crippen LogP contribution in [0.4, 0.5) is 11.6 Å². The lowest BCUT2D eigenvalue weighted by molar-refractivity contribution is 1.01. The molecule has 0 unspecified atom stereocenters. The second-order valence-corrected chi connectivity index (χ2v) is 4.68. The highest BCUT2D eigenvalue weighted by Crippen LogP contribution is 2.11. The van der Waals surface area contributed by atoms with Gasteiger partial charge in [0.1, 0.15) is 18.0 Å². The molecule has 3 aromatic heterocycles. The lowest BCUT2D eigenvalue weighted by Gasteiger charge is -2.08. The summed E-state index contributed by atoms with van der Waals surface area (Å²) in [4.78, 5) is 16.8. The van der Waals surface area contributed by atoms with Gasteiger partial charge in [-0.25, -0.2) is 9.97 Å². The van der Waals surface area contributed by atoms with Crippen LogP contribution in [-0.2, 0) is 13.1 Å². The molecule has 0 aliphatic carbocycles. The Hall–Kier alpha value is -3.02. The van der Waals surface area contributed by atoms with Crippen molar-refractivity contribution in [2.24, 2.45) is 0 Å². The van der Waals surface area contributed by atoms with Gasteiger partial charge in [0, 0.05) is 31.2 Å². The fourth-order valence-electron chi connectivity index (χ4n) is 1.93. The van der Waals surface area contributed by atoms with E-state index in [1.807, 2.05) is 42.6 Å². The van der Waals surface area contributed by atoms with Gasteiger partial charge in [-0.3, -0.25) is 9.97 Å². The first kappa shape index (κ1) is 13.9. The number of rotatable bonds is 6. The maximum Gasteiger partial charge on any atom is 0.131 e. The van der Waals surface area contributed by atoms with Gasteiger partial charge >= 0.3 is 0 Å². The first-order valence-electron chi connectivity index (χ1n) is 6.99. The van der Waals surface area contributed by atoms with Crippen molar-refractivity contribution in [1.82, 2.24) is 19.9 Å². The number of pyridine rings is 2. The lowest BCUT2D eigenvalue weighted by atomic mass is 10.3. The summed E-state index contributed by atoms with van der Waals surface area (Å²) in [7, 11) is 0. The summed E-state index contributed by atoms with van der Waals surface area (Å²) in [5, 5.41) is 6.49. The minimum atomic E-state index is 0.625. The summed E-state index contributed by atoms with van der Waals surface area (Å²) in [6.45, 7) is 1.30. The van der Waals surface area contributed by atoms with Crippen molar-refractivity contribution in [1.29, 1.82) is 0 Å². The molecule has 3 heterocycles. The van der Waals surface area contributed by atoms with Crippen LogP contribution in [-0.4, -0.2) is 19.9 Å². The van der Waals surface area contributed by atoms with Crippen LogP contribution in [0.2, 0.25) is 0 Å². The van der Waals surface area contributed by atoms with E-state index in [0.29, 0.717) is 13.1 Å². The van der Waals surface area contributed by atoms with Gasteiger partial charge in [-0.15, -0.1) is 0 Å². The van der Waals surface area contributed by atoms with Crippen LogP contribution in [0.15, 0.2) is 61.3 Å². The molecule has 110 valence electrons. The number of aromatic nitrogens is 4. The van der Waals surface area contributed by atoms with Crippen molar-refractivity contribution in [2.45, 2.75) is 13.1 Å². The summed E-state index contributed by atoms with van der Waals surface area (Å²) in [5.41, 5.74) is 2.06. The van der Waals surface area contributed by atoms with E-state index in [-0.39, 0.29) is 0 Å². The number of hydrogen-bond acceptors (Lipinski definition) is 6. The predicted molar refractivity (Wildman–Crippen MR) is 85.2 cm³/mol. The van der Waals surface area contributed by atoms with Gasteiger partial charge in [0.25, 0.3) is 0 Å². The maximum absolute atomic E-state index is 4.26. The summed E-state index contributed by atoms with van der Waals surface area (Å²) in [5.74, 6) is 1.52. The van der Waals surface area contributed by atoms with Crippen molar-refractivity contribution in [3.05, 3.63) is 72.6 Å². The van der Waals surface area contributed by atoms with E-state index in [2.05, 4.69) is 30.6 Å². The van der Waals surface area contributed by atoms with Gasteiger partial charge in [-0.1, -0.05) is 12.1 Å². The Bertz CT molecular complexity index is 643. The molecule has 6 heteroatoms. The Morgan fingerprint density at radius 1 is 0.818 bits per heavy atom. The van der Waals surface area contributed by atoms with Crippen LogP contribution in [0.1, 0.15) is 11.3 Å². The van der Waals surface area contributed by atoms with Crippen molar-refractivity contribution in [3.8, 4) is 0 Å². The molecule has 0 saturated carbocycles. The quantitative estimate of drug-likeness (QED) is 0.727. The van der Waals surface area contributed by atoms with E-state index in [1.165, 1.54) is 6.33 Å². The van der Waals surface area contributed by atoms with Crippen LogP contribution in [0.25, 0.3) is 0 Å². The highest BCUT2D eigenvalue weighted by Gasteiger charge is 2.00. The fourth-order valence-corrected chi connectivity index (χ4v) is 1.93. The molecule has 0 aromatic carbocycles. The molecule has 22 heavy (non-hydrogen) atoms. The first-order valence-corrected chi connectivity index (χ1v) is 6.99. The van der Waals surface area contributed by atoms with Gasteiger partial charge in [0.15, 0.2) is 0 Å². The second-order valence-electron chi connectivity index (χ2n) is 4.68. The van der Waals surface area contributed by atoms with Crippen molar-refractivity contribution >= 4 is 11.6 Å². The van der Waals surface area contributed by atoms with E-state index >= 15 is 0 Å². The van der Waals surface area contributed by atoms with Gasteiger partial charge in [-0.05, 0) is 23.8 Å². The molecule has 0 bridgehead atoms. The van der Waals surface area contributed by atoms with Crippen LogP contribution < -0.4 is 10.6 Å². The lowest BCUT2D eigenvalue weighted by Crippen LogP contribution is -2.06. The largest absolute Gasteiger partial charge is 0.366 e. The van der Waals surface area contributed by atoms with Crippen molar-refractivity contribution < 1.29 is 0 Å². The zero-order valence-electron chi connectivity index (χ0n) is 12.0. The minimum Gasteiger partial charge on any atom is -0.366 e. The van der Waals surface area contributed by atoms with Crippen LogP contribution >= 0.6 is 0 Å². The molecule has 0 radical (unpaired) electrons. The Morgan fingerprint density at radius 2 is 1.68 bits per heavy atom. The molecule has 0 atom stereocenters. The maximum atomic E-state index is 4.26. The first-order chi connectivity index (χ1) is 10.9. The molecule has 0 aliphatic rings. The normalized spacial score (nSPS) is 10.2. The molecular formula is C16H16N6. The molecule has 2 N–H and O–H groups in total. The average molecular weight is 292 g/mol. The Kier molecular flexibility index (Phi) is 4.51. The van der Waals surface area contributed by atoms with E-state index in [0.717, 1.165) is 22.9 Å². The molecular weight excluding hydrogens is 276 g/mol. The average Bonchev–Trinajstić information content (AvgIpc) is 2.60. The SMILES string of the molecule is c1ccc(CNc2cc(NCc3cccnc3)ncn2)nc1. The van der Waals surface area contributed by atoms with E-state index in [4.69, 9.17) is 0 Å². The number of hydrogen-bond donors (Lipinski definition) is 2. The third-order valence-electron chi connectivity index (χ3n) is 3.04. The summed E-state index contributed by atoms with van der Waals surface area (Å²) >= 11 is 0. The molecule has 0 amide bonds. The third kappa shape index (κ3) is 3.99. The third-order valence-corrected chi connectivity index (χ3v) is 3.04. The van der Waals surface area contributed by atoms with Crippen LogP contribution in [0.5, 0.6) is 0 Å². The topological polar surface area (TPSA) is 75.6 Å². The molecule has 6 nitrogen and oxygen atoms in total. The summed E-state index contributed by atoms with van der Waals surface area (Å²) in [6.07, 6.45) is 6.90. The van der Waals surface area contributed by atoms with Crippen molar-refractivity contribution in [3.63, 3.8) is 0 Å². The van der Waals surface area contributed by atoms with Gasteiger partial charge in [-0.2, -0.15) is 0 Å². The molecule has 3 aromatic rings. The molecule has 0 aliphatic heterocycles. The summed E-state index contributed by atoms with van der Waals surface area (Å²) in [6, 6.07) is 11.6. The highest BCUT2D eigenvalue weighted by molar-refractivity contribution is 5.46. The zero-order valence-corrected chi connectivity index (χ0v) is 12.0. The minimum absolute atomic E-state index is 0.625. The second kappa shape index (κ2) is 7.12. The molecule has 0 saturated heterocycles. The van der Waals surface area contributed by atoms with E-state index in [9.17, 15) is 0 Å². The smallest absolute Gasteiger partial charge is 0.131 e. The standard InChI is InChI=1S/C16H16N6/c1-2-7-18-14(5-1)11-20-16-8-15(21-12-22-16)19-10-13-4-3-6-17-9-13/h1-9,12H,10-11H2,(H2,19,20,21,22). The molecule has 3 rings (SSSR count). The Balaban J connectivity index is 1.58.